The van der Waals surface area contributed by atoms with Crippen LogP contribution in [0.2, 0.25) is 0 Å². The van der Waals surface area contributed by atoms with Gasteiger partial charge in [0.25, 0.3) is 0 Å². The number of hydrogen-bond donors (Lipinski definition) is 2. The summed E-state index contributed by atoms with van der Waals surface area (Å²) in [6.07, 6.45) is 6.84. The summed E-state index contributed by atoms with van der Waals surface area (Å²) < 4.78 is 0. The Balaban J connectivity index is 0. The SMILES string of the molecule is C/C=C/CCCCC([O-])=NCCN(CCC(=O)O)CC(C)O.[K+]. The topological polar surface area (TPSA) is 96.2 Å². The number of unbranched alkanes of at least 4 members (excludes halogenated alkanes) is 2. The summed E-state index contributed by atoms with van der Waals surface area (Å²) in [5.41, 5.74) is 0. The molecule has 0 heterocycles. The average Bonchev–Trinajstić information content (AvgIpc) is 2.43. The van der Waals surface area contributed by atoms with Crippen LogP contribution in [0.3, 0.4) is 0 Å². The number of hydrogen-bond acceptors (Lipinski definition) is 5. The van der Waals surface area contributed by atoms with Gasteiger partial charge in [-0.2, -0.15) is 0 Å². The van der Waals surface area contributed by atoms with E-state index in [1.807, 2.05) is 17.9 Å². The molecule has 2 N–H and O–H groups in total. The molecule has 0 aromatic carbocycles. The quantitative estimate of drug-likeness (QED) is 0.132. The van der Waals surface area contributed by atoms with Crippen LogP contribution in [0.25, 0.3) is 0 Å². The maximum Gasteiger partial charge on any atom is 1.00 e. The van der Waals surface area contributed by atoms with E-state index in [1.54, 1.807) is 6.92 Å². The predicted octanol–water partition coefficient (Wildman–Crippen LogP) is -1.96. The number of aliphatic imine (C=N–C) groups is 1. The third kappa shape index (κ3) is 18.4. The van der Waals surface area contributed by atoms with Gasteiger partial charge in [0, 0.05) is 19.6 Å². The van der Waals surface area contributed by atoms with Crippen LogP contribution in [0.15, 0.2) is 17.1 Å². The third-order valence-electron chi connectivity index (χ3n) is 3.12. The van der Waals surface area contributed by atoms with Crippen LogP contribution in [0.1, 0.15) is 46.0 Å². The molecule has 1 unspecified atom stereocenters. The van der Waals surface area contributed by atoms with Crippen LogP contribution in [-0.2, 0) is 4.79 Å². The smallest absolute Gasteiger partial charge is 0.862 e. The van der Waals surface area contributed by atoms with E-state index in [-0.39, 0.29) is 63.7 Å². The summed E-state index contributed by atoms with van der Waals surface area (Å²) in [5.74, 6) is -0.972. The first kappa shape index (κ1) is 25.5. The number of aliphatic hydroxyl groups is 1. The fourth-order valence-electron chi connectivity index (χ4n) is 2.02. The molecule has 0 spiro atoms. The first-order valence-electron chi connectivity index (χ1n) is 7.89. The van der Waals surface area contributed by atoms with Crippen LogP contribution in [-0.4, -0.2) is 59.3 Å². The molecule has 7 heteroatoms. The number of carboxylic acid groups (broad SMARTS) is 1. The number of carbonyl (C=O) groups is 1. The van der Waals surface area contributed by atoms with E-state index in [0.717, 1.165) is 19.3 Å². The van der Waals surface area contributed by atoms with Gasteiger partial charge in [0.1, 0.15) is 0 Å². The molecule has 23 heavy (non-hydrogen) atoms. The molecule has 0 radical (unpaired) electrons. The van der Waals surface area contributed by atoms with Gasteiger partial charge in [-0.05, 0) is 45.4 Å². The van der Waals surface area contributed by atoms with Crippen LogP contribution in [0.4, 0.5) is 0 Å². The van der Waals surface area contributed by atoms with Crippen LogP contribution >= 0.6 is 0 Å². The largest absolute Gasteiger partial charge is 1.00 e. The molecule has 0 rings (SSSR count). The summed E-state index contributed by atoms with van der Waals surface area (Å²) >= 11 is 0. The van der Waals surface area contributed by atoms with Crippen molar-refractivity contribution in [1.82, 2.24) is 4.90 Å². The number of aliphatic carboxylic acids is 1. The molecule has 0 amide bonds. The van der Waals surface area contributed by atoms with E-state index in [9.17, 15) is 15.0 Å². The minimum atomic E-state index is -0.871. The molecular formula is C16H29KN2O4. The second-order valence-electron chi connectivity index (χ2n) is 5.38. The molecule has 0 aliphatic carbocycles. The van der Waals surface area contributed by atoms with Crippen molar-refractivity contribution >= 4 is 11.9 Å². The van der Waals surface area contributed by atoms with Crippen molar-refractivity contribution in [3.8, 4) is 0 Å². The van der Waals surface area contributed by atoms with Crippen molar-refractivity contribution in [3.63, 3.8) is 0 Å². The van der Waals surface area contributed by atoms with E-state index in [0.29, 0.717) is 32.6 Å². The average molecular weight is 353 g/mol. The van der Waals surface area contributed by atoms with Crippen molar-refractivity contribution in [3.05, 3.63) is 12.2 Å². The monoisotopic (exact) mass is 352 g/mol. The Morgan fingerprint density at radius 3 is 2.57 bits per heavy atom. The fourth-order valence-corrected chi connectivity index (χ4v) is 2.02. The number of nitrogens with zero attached hydrogens (tertiary/aromatic N) is 2. The van der Waals surface area contributed by atoms with E-state index in [2.05, 4.69) is 11.1 Å². The van der Waals surface area contributed by atoms with Gasteiger partial charge in [-0.15, -0.1) is 0 Å². The Morgan fingerprint density at radius 2 is 2.00 bits per heavy atom. The Labute approximate surface area is 182 Å². The standard InChI is InChI=1S/C16H30N2O4.K/c1-3-4-5-6-7-8-15(20)17-10-12-18(13-14(2)19)11-9-16(21)22;/h3-4,14,19H,5-13H2,1-2H3,(H,17,20)(H,21,22);/q;+1/p-1/b4-3+;. The van der Waals surface area contributed by atoms with Gasteiger partial charge in [-0.25, -0.2) is 0 Å². The van der Waals surface area contributed by atoms with E-state index >= 15 is 0 Å². The molecule has 0 aromatic heterocycles. The van der Waals surface area contributed by atoms with Crippen LogP contribution in [0, 0.1) is 0 Å². The van der Waals surface area contributed by atoms with Gasteiger partial charge >= 0.3 is 57.4 Å². The summed E-state index contributed by atoms with van der Waals surface area (Å²) in [5, 5.41) is 29.7. The molecule has 0 aromatic rings. The number of carboxylic acids is 1. The van der Waals surface area contributed by atoms with Gasteiger partial charge in [0.05, 0.1) is 19.1 Å². The van der Waals surface area contributed by atoms with Gasteiger partial charge in [0.15, 0.2) is 0 Å². The second kappa shape index (κ2) is 17.1. The molecule has 0 bridgehead atoms. The Morgan fingerprint density at radius 1 is 1.30 bits per heavy atom. The molecule has 0 saturated heterocycles. The summed E-state index contributed by atoms with van der Waals surface area (Å²) in [6.45, 7) is 5.21. The maximum atomic E-state index is 11.6. The molecule has 0 fully saturated rings. The summed E-state index contributed by atoms with van der Waals surface area (Å²) in [7, 11) is 0. The van der Waals surface area contributed by atoms with E-state index in [1.165, 1.54) is 0 Å². The Hall–Kier alpha value is 0.236. The molecule has 0 aliphatic rings. The van der Waals surface area contributed by atoms with Gasteiger partial charge in [-0.1, -0.05) is 12.2 Å². The Kier molecular flexibility index (Phi) is 18.9. The van der Waals surface area contributed by atoms with Crippen LogP contribution in [0.5, 0.6) is 0 Å². The van der Waals surface area contributed by atoms with Crippen molar-refractivity contribution in [1.29, 1.82) is 0 Å². The summed E-state index contributed by atoms with van der Waals surface area (Å²) in [6, 6.07) is 0. The van der Waals surface area contributed by atoms with Gasteiger partial charge in [0.2, 0.25) is 0 Å². The second-order valence-corrected chi connectivity index (χ2v) is 5.38. The zero-order chi connectivity index (χ0) is 16.8. The minimum Gasteiger partial charge on any atom is -0.862 e. The van der Waals surface area contributed by atoms with Crippen molar-refractivity contribution < 1.29 is 71.5 Å². The molecule has 6 nitrogen and oxygen atoms in total. The van der Waals surface area contributed by atoms with Crippen molar-refractivity contribution in [2.45, 2.75) is 52.1 Å². The molecule has 128 valence electrons. The van der Waals surface area contributed by atoms with Crippen molar-refractivity contribution in [2.24, 2.45) is 4.99 Å². The zero-order valence-corrected chi connectivity index (χ0v) is 17.8. The molecule has 1 atom stereocenters. The number of aliphatic hydroxyl groups excluding tert-OH is 1. The zero-order valence-electron chi connectivity index (χ0n) is 14.7. The molecule has 0 aliphatic heterocycles. The molecular weight excluding hydrogens is 323 g/mol. The van der Waals surface area contributed by atoms with Gasteiger partial charge in [-0.3, -0.25) is 9.69 Å². The van der Waals surface area contributed by atoms with Crippen LogP contribution < -0.4 is 56.5 Å². The maximum absolute atomic E-state index is 11.6. The van der Waals surface area contributed by atoms with E-state index in [4.69, 9.17) is 5.11 Å². The van der Waals surface area contributed by atoms with Gasteiger partial charge < -0.3 is 20.3 Å². The fraction of sp³-hybridized carbons (Fsp3) is 0.750. The first-order chi connectivity index (χ1) is 10.5. The third-order valence-corrected chi connectivity index (χ3v) is 3.12. The number of allylic oxidation sites excluding steroid dienone is 2. The molecule has 0 saturated carbocycles. The minimum absolute atomic E-state index is 0. The number of rotatable bonds is 13. The Bertz CT molecular complexity index is 360. The van der Waals surface area contributed by atoms with E-state index < -0.39 is 12.1 Å². The summed E-state index contributed by atoms with van der Waals surface area (Å²) in [4.78, 5) is 16.4. The van der Waals surface area contributed by atoms with Crippen molar-refractivity contribution in [2.75, 3.05) is 26.2 Å². The normalized spacial score (nSPS) is 13.3. The first-order valence-corrected chi connectivity index (χ1v) is 7.89. The predicted molar refractivity (Wildman–Crippen MR) is 86.0 cm³/mol.